The standard InChI is InChI=1S/C18H21NO/c1-3-13-5-4-6-15(11-13)18-17-12-16(20-2)8-7-14(17)9-10-19-18/h4-8,11-12,18-19H,3,9-10H2,1-2H3. The van der Waals surface area contributed by atoms with Gasteiger partial charge in [-0.15, -0.1) is 0 Å². The van der Waals surface area contributed by atoms with Crippen LogP contribution in [0.25, 0.3) is 0 Å². The molecule has 1 N–H and O–H groups in total. The van der Waals surface area contributed by atoms with Crippen LogP contribution in [0.2, 0.25) is 0 Å². The summed E-state index contributed by atoms with van der Waals surface area (Å²) < 4.78 is 5.38. The fraction of sp³-hybridized carbons (Fsp3) is 0.333. The molecule has 0 saturated carbocycles. The first-order valence-corrected chi connectivity index (χ1v) is 7.31. The summed E-state index contributed by atoms with van der Waals surface area (Å²) in [5, 5.41) is 3.64. The lowest BCUT2D eigenvalue weighted by Gasteiger charge is -2.28. The quantitative estimate of drug-likeness (QED) is 0.919. The van der Waals surface area contributed by atoms with E-state index in [-0.39, 0.29) is 6.04 Å². The van der Waals surface area contributed by atoms with E-state index >= 15 is 0 Å². The summed E-state index contributed by atoms with van der Waals surface area (Å²) >= 11 is 0. The van der Waals surface area contributed by atoms with Gasteiger partial charge in [0.2, 0.25) is 0 Å². The van der Waals surface area contributed by atoms with E-state index in [0.717, 1.165) is 25.1 Å². The van der Waals surface area contributed by atoms with Crippen LogP contribution in [0.1, 0.15) is 35.2 Å². The Balaban J connectivity index is 2.03. The van der Waals surface area contributed by atoms with Crippen molar-refractivity contribution in [3.8, 4) is 5.75 Å². The van der Waals surface area contributed by atoms with Crippen molar-refractivity contribution in [2.75, 3.05) is 13.7 Å². The first-order chi connectivity index (χ1) is 9.81. The average Bonchev–Trinajstić information content (AvgIpc) is 2.53. The topological polar surface area (TPSA) is 21.3 Å². The minimum Gasteiger partial charge on any atom is -0.497 e. The van der Waals surface area contributed by atoms with Crippen LogP contribution in [-0.2, 0) is 12.8 Å². The maximum absolute atomic E-state index is 5.38. The Hall–Kier alpha value is -1.80. The molecule has 1 heterocycles. The fourth-order valence-corrected chi connectivity index (χ4v) is 2.95. The normalized spacial score (nSPS) is 17.6. The Morgan fingerprint density at radius 1 is 1.20 bits per heavy atom. The molecule has 104 valence electrons. The third-order valence-electron chi connectivity index (χ3n) is 4.10. The third kappa shape index (κ3) is 2.44. The summed E-state index contributed by atoms with van der Waals surface area (Å²) in [6.07, 6.45) is 2.16. The van der Waals surface area contributed by atoms with Crippen LogP contribution in [0.15, 0.2) is 42.5 Å². The van der Waals surface area contributed by atoms with E-state index in [1.54, 1.807) is 7.11 Å². The van der Waals surface area contributed by atoms with Crippen LogP contribution in [-0.4, -0.2) is 13.7 Å². The van der Waals surface area contributed by atoms with Crippen LogP contribution in [0.5, 0.6) is 5.75 Å². The Kier molecular flexibility index (Phi) is 3.75. The minimum absolute atomic E-state index is 0.278. The number of methoxy groups -OCH3 is 1. The van der Waals surface area contributed by atoms with Gasteiger partial charge in [-0.3, -0.25) is 0 Å². The van der Waals surface area contributed by atoms with E-state index in [2.05, 4.69) is 54.7 Å². The minimum atomic E-state index is 0.278. The lowest BCUT2D eigenvalue weighted by atomic mass is 9.89. The highest BCUT2D eigenvalue weighted by atomic mass is 16.5. The maximum atomic E-state index is 5.38. The Labute approximate surface area is 120 Å². The zero-order valence-corrected chi connectivity index (χ0v) is 12.1. The van der Waals surface area contributed by atoms with E-state index in [1.165, 1.54) is 22.3 Å². The van der Waals surface area contributed by atoms with Crippen molar-refractivity contribution < 1.29 is 4.74 Å². The molecular weight excluding hydrogens is 246 g/mol. The molecule has 0 saturated heterocycles. The number of benzene rings is 2. The average molecular weight is 267 g/mol. The third-order valence-corrected chi connectivity index (χ3v) is 4.10. The molecule has 0 amide bonds. The number of aryl methyl sites for hydroxylation is 1. The van der Waals surface area contributed by atoms with Gasteiger partial charge in [0.1, 0.15) is 5.75 Å². The Bertz CT molecular complexity index is 606. The van der Waals surface area contributed by atoms with E-state index in [4.69, 9.17) is 4.74 Å². The number of hydrogen-bond acceptors (Lipinski definition) is 2. The Morgan fingerprint density at radius 2 is 2.10 bits per heavy atom. The van der Waals surface area contributed by atoms with E-state index in [9.17, 15) is 0 Å². The lowest BCUT2D eigenvalue weighted by molar-refractivity contribution is 0.412. The fourth-order valence-electron chi connectivity index (χ4n) is 2.95. The van der Waals surface area contributed by atoms with Gasteiger partial charge in [0.25, 0.3) is 0 Å². The summed E-state index contributed by atoms with van der Waals surface area (Å²) in [6, 6.07) is 15.6. The zero-order chi connectivity index (χ0) is 13.9. The molecule has 0 bridgehead atoms. The molecule has 2 aromatic rings. The van der Waals surface area contributed by atoms with Gasteiger partial charge in [-0.1, -0.05) is 37.3 Å². The van der Waals surface area contributed by atoms with Gasteiger partial charge in [0.15, 0.2) is 0 Å². The maximum Gasteiger partial charge on any atom is 0.119 e. The monoisotopic (exact) mass is 267 g/mol. The molecule has 1 unspecified atom stereocenters. The number of rotatable bonds is 3. The highest BCUT2D eigenvalue weighted by Crippen LogP contribution is 2.31. The molecule has 2 nitrogen and oxygen atoms in total. The molecular formula is C18H21NO. The van der Waals surface area contributed by atoms with Crippen LogP contribution in [0, 0.1) is 0 Å². The van der Waals surface area contributed by atoms with Crippen molar-refractivity contribution >= 4 is 0 Å². The molecule has 2 aromatic carbocycles. The SMILES string of the molecule is CCc1cccc(C2NCCc3ccc(OC)cc32)c1. The van der Waals surface area contributed by atoms with Gasteiger partial charge in [-0.25, -0.2) is 0 Å². The molecule has 0 fully saturated rings. The zero-order valence-electron chi connectivity index (χ0n) is 12.1. The predicted molar refractivity (Wildman–Crippen MR) is 82.4 cm³/mol. The molecule has 0 aromatic heterocycles. The van der Waals surface area contributed by atoms with Crippen LogP contribution >= 0.6 is 0 Å². The van der Waals surface area contributed by atoms with Crippen molar-refractivity contribution in [1.29, 1.82) is 0 Å². The molecule has 1 aliphatic rings. The van der Waals surface area contributed by atoms with Crippen LogP contribution < -0.4 is 10.1 Å². The van der Waals surface area contributed by atoms with Gasteiger partial charge >= 0.3 is 0 Å². The summed E-state index contributed by atoms with van der Waals surface area (Å²) in [5.74, 6) is 0.934. The van der Waals surface area contributed by atoms with Gasteiger partial charge in [-0.2, -0.15) is 0 Å². The smallest absolute Gasteiger partial charge is 0.119 e. The second kappa shape index (κ2) is 5.68. The number of fused-ring (bicyclic) bond motifs is 1. The molecule has 1 atom stereocenters. The molecule has 0 spiro atoms. The van der Waals surface area contributed by atoms with Crippen LogP contribution in [0.4, 0.5) is 0 Å². The molecule has 0 aliphatic carbocycles. The van der Waals surface area contributed by atoms with Gasteiger partial charge in [0.05, 0.1) is 13.2 Å². The van der Waals surface area contributed by atoms with Crippen molar-refractivity contribution in [3.63, 3.8) is 0 Å². The highest BCUT2D eigenvalue weighted by Gasteiger charge is 2.21. The number of hydrogen-bond donors (Lipinski definition) is 1. The largest absolute Gasteiger partial charge is 0.497 e. The predicted octanol–water partition coefficient (Wildman–Crippen LogP) is 3.49. The molecule has 20 heavy (non-hydrogen) atoms. The van der Waals surface area contributed by atoms with Crippen molar-refractivity contribution in [1.82, 2.24) is 5.32 Å². The van der Waals surface area contributed by atoms with Crippen molar-refractivity contribution in [2.24, 2.45) is 0 Å². The van der Waals surface area contributed by atoms with E-state index < -0.39 is 0 Å². The molecule has 1 aliphatic heterocycles. The highest BCUT2D eigenvalue weighted by molar-refractivity contribution is 5.44. The van der Waals surface area contributed by atoms with E-state index in [0.29, 0.717) is 0 Å². The summed E-state index contributed by atoms with van der Waals surface area (Å²) in [7, 11) is 1.73. The lowest BCUT2D eigenvalue weighted by Crippen LogP contribution is -2.30. The summed E-state index contributed by atoms with van der Waals surface area (Å²) in [5.41, 5.74) is 5.51. The van der Waals surface area contributed by atoms with Gasteiger partial charge < -0.3 is 10.1 Å². The second-order valence-electron chi connectivity index (χ2n) is 5.30. The van der Waals surface area contributed by atoms with Crippen molar-refractivity contribution in [2.45, 2.75) is 25.8 Å². The molecule has 0 radical (unpaired) electrons. The molecule has 3 rings (SSSR count). The second-order valence-corrected chi connectivity index (χ2v) is 5.30. The van der Waals surface area contributed by atoms with Crippen molar-refractivity contribution in [3.05, 3.63) is 64.7 Å². The first kappa shape index (κ1) is 13.2. The van der Waals surface area contributed by atoms with E-state index in [1.807, 2.05) is 0 Å². The van der Waals surface area contributed by atoms with Gasteiger partial charge in [-0.05, 0) is 47.2 Å². The summed E-state index contributed by atoms with van der Waals surface area (Å²) in [4.78, 5) is 0. The summed E-state index contributed by atoms with van der Waals surface area (Å²) in [6.45, 7) is 3.23. The number of ether oxygens (including phenoxy) is 1. The van der Waals surface area contributed by atoms with Crippen LogP contribution in [0.3, 0.4) is 0 Å². The van der Waals surface area contributed by atoms with Gasteiger partial charge in [0, 0.05) is 6.54 Å². The Morgan fingerprint density at radius 3 is 2.90 bits per heavy atom. The number of nitrogens with one attached hydrogen (secondary N) is 1. The first-order valence-electron chi connectivity index (χ1n) is 7.31. The molecule has 2 heteroatoms.